The number of unbranched alkanes of at least 4 members (excludes halogenated alkanes) is 1. The fourth-order valence-corrected chi connectivity index (χ4v) is 0.446. The third-order valence-electron chi connectivity index (χ3n) is 0.983. The third-order valence-corrected chi connectivity index (χ3v) is 0.983. The van der Waals surface area contributed by atoms with Crippen molar-refractivity contribution in [2.75, 3.05) is 26.9 Å². The van der Waals surface area contributed by atoms with Crippen molar-refractivity contribution in [2.24, 2.45) is 0 Å². The quantitative estimate of drug-likeness (QED) is 0.505. The minimum absolute atomic E-state index is 0.698. The van der Waals surface area contributed by atoms with Crippen LogP contribution in [0.15, 0.2) is 0 Å². The van der Waals surface area contributed by atoms with Gasteiger partial charge in [0.05, 0.1) is 13.2 Å². The average molecular weight is 131 g/mol. The van der Waals surface area contributed by atoms with Gasteiger partial charge in [-0.15, -0.1) is 0 Å². The summed E-state index contributed by atoms with van der Waals surface area (Å²) in [4.78, 5) is 0. The highest BCUT2D eigenvalue weighted by Gasteiger charge is 1.84. The molecule has 0 heterocycles. The molecule has 0 atom stereocenters. The van der Waals surface area contributed by atoms with Crippen LogP contribution in [0.2, 0.25) is 0 Å². The van der Waals surface area contributed by atoms with Gasteiger partial charge in [0.2, 0.25) is 0 Å². The fraction of sp³-hybridized carbons (Fsp3) is 0.857. The monoisotopic (exact) mass is 131 g/mol. The van der Waals surface area contributed by atoms with Crippen LogP contribution in [-0.2, 0) is 9.47 Å². The highest BCUT2D eigenvalue weighted by Crippen LogP contribution is 1.85. The summed E-state index contributed by atoms with van der Waals surface area (Å²) in [5, 5.41) is 0. The van der Waals surface area contributed by atoms with Crippen molar-refractivity contribution in [3.8, 4) is 0 Å². The Kier molecular flexibility index (Phi) is 7.85. The number of methoxy groups -OCH3 is 1. The summed E-state index contributed by atoms with van der Waals surface area (Å²) >= 11 is 0. The molecule has 2 heteroatoms. The Morgan fingerprint density at radius 2 is 2.00 bits per heavy atom. The Labute approximate surface area is 57.2 Å². The molecule has 0 rings (SSSR count). The van der Waals surface area contributed by atoms with Gasteiger partial charge in [0.15, 0.2) is 0 Å². The summed E-state index contributed by atoms with van der Waals surface area (Å²) in [6.07, 6.45) is 3.12. The lowest BCUT2D eigenvalue weighted by Gasteiger charge is -2.00. The normalized spacial score (nSPS) is 10.0. The van der Waals surface area contributed by atoms with Crippen molar-refractivity contribution in [2.45, 2.75) is 13.3 Å². The summed E-state index contributed by atoms with van der Waals surface area (Å²) in [6, 6.07) is 0. The summed E-state index contributed by atoms with van der Waals surface area (Å²) in [6.45, 7) is 4.26. The fourth-order valence-electron chi connectivity index (χ4n) is 0.446. The van der Waals surface area contributed by atoms with Gasteiger partial charge in [-0.1, -0.05) is 6.92 Å². The molecular formula is C7H15O2. The molecule has 0 saturated heterocycles. The van der Waals surface area contributed by atoms with Crippen LogP contribution in [0.4, 0.5) is 0 Å². The van der Waals surface area contributed by atoms with Crippen LogP contribution >= 0.6 is 0 Å². The predicted octanol–water partition coefficient (Wildman–Crippen LogP) is 1.26. The molecule has 0 spiro atoms. The van der Waals surface area contributed by atoms with Gasteiger partial charge in [0.25, 0.3) is 0 Å². The van der Waals surface area contributed by atoms with Crippen LogP contribution in [0.3, 0.4) is 0 Å². The smallest absolute Gasteiger partial charge is 0.0700 e. The topological polar surface area (TPSA) is 18.5 Å². The first kappa shape index (κ1) is 8.92. The van der Waals surface area contributed by atoms with Crippen molar-refractivity contribution >= 4 is 0 Å². The minimum atomic E-state index is 0.698. The Hall–Kier alpha value is -0.0800. The number of rotatable bonds is 6. The molecule has 1 radical (unpaired) electrons. The highest BCUT2D eigenvalue weighted by molar-refractivity contribution is 4.52. The van der Waals surface area contributed by atoms with Gasteiger partial charge < -0.3 is 9.47 Å². The van der Waals surface area contributed by atoms with E-state index in [0.29, 0.717) is 13.2 Å². The standard InChI is InChI=1S/C7H15O2/c1-3-4-5-9-7-6-8-2/h3H,4-7H2,1-2H3. The molecule has 55 valence electrons. The van der Waals surface area contributed by atoms with Crippen LogP contribution in [0.1, 0.15) is 13.3 Å². The van der Waals surface area contributed by atoms with E-state index in [4.69, 9.17) is 9.47 Å². The second-order valence-electron chi connectivity index (χ2n) is 1.80. The van der Waals surface area contributed by atoms with E-state index in [1.807, 2.05) is 6.92 Å². The lowest BCUT2D eigenvalue weighted by atomic mass is 10.4. The van der Waals surface area contributed by atoms with Gasteiger partial charge >= 0.3 is 0 Å². The molecule has 0 bridgehead atoms. The molecular weight excluding hydrogens is 116 g/mol. The summed E-state index contributed by atoms with van der Waals surface area (Å²) in [7, 11) is 1.68. The van der Waals surface area contributed by atoms with Crippen molar-refractivity contribution in [3.05, 3.63) is 6.42 Å². The van der Waals surface area contributed by atoms with Crippen molar-refractivity contribution < 1.29 is 9.47 Å². The first-order valence-electron chi connectivity index (χ1n) is 3.26. The molecule has 0 amide bonds. The Morgan fingerprint density at radius 3 is 2.56 bits per heavy atom. The lowest BCUT2D eigenvalue weighted by molar-refractivity contribution is 0.0720. The van der Waals surface area contributed by atoms with E-state index < -0.39 is 0 Å². The minimum Gasteiger partial charge on any atom is -0.382 e. The molecule has 0 aromatic heterocycles. The van der Waals surface area contributed by atoms with E-state index in [9.17, 15) is 0 Å². The molecule has 0 aromatic carbocycles. The van der Waals surface area contributed by atoms with Gasteiger partial charge in [-0.2, -0.15) is 0 Å². The molecule has 0 aliphatic carbocycles. The summed E-state index contributed by atoms with van der Waals surface area (Å²) in [5.41, 5.74) is 0. The van der Waals surface area contributed by atoms with E-state index in [-0.39, 0.29) is 0 Å². The number of ether oxygens (including phenoxy) is 2. The van der Waals surface area contributed by atoms with Gasteiger partial charge in [0.1, 0.15) is 0 Å². The van der Waals surface area contributed by atoms with Gasteiger partial charge in [-0.05, 0) is 12.8 Å². The van der Waals surface area contributed by atoms with E-state index in [0.717, 1.165) is 13.0 Å². The SMILES string of the molecule is C[CH]CCOCCOC. The van der Waals surface area contributed by atoms with E-state index >= 15 is 0 Å². The summed E-state index contributed by atoms with van der Waals surface area (Å²) in [5.74, 6) is 0. The zero-order valence-electron chi connectivity index (χ0n) is 6.22. The third kappa shape index (κ3) is 7.92. The highest BCUT2D eigenvalue weighted by atomic mass is 16.5. The second kappa shape index (κ2) is 7.92. The molecule has 0 N–H and O–H groups in total. The molecule has 0 unspecified atom stereocenters. The molecule has 0 aliphatic rings. The zero-order chi connectivity index (χ0) is 6.95. The lowest BCUT2D eigenvalue weighted by Crippen LogP contribution is -2.02. The zero-order valence-corrected chi connectivity index (χ0v) is 6.22. The van der Waals surface area contributed by atoms with E-state index in [1.165, 1.54) is 0 Å². The Bertz CT molecular complexity index is 40.2. The van der Waals surface area contributed by atoms with Crippen LogP contribution in [0.5, 0.6) is 0 Å². The first-order valence-corrected chi connectivity index (χ1v) is 3.26. The van der Waals surface area contributed by atoms with Crippen molar-refractivity contribution in [1.29, 1.82) is 0 Å². The second-order valence-corrected chi connectivity index (χ2v) is 1.80. The van der Waals surface area contributed by atoms with Crippen LogP contribution in [0, 0.1) is 6.42 Å². The van der Waals surface area contributed by atoms with Gasteiger partial charge in [0, 0.05) is 13.7 Å². The summed E-state index contributed by atoms with van der Waals surface area (Å²) < 4.78 is 9.95. The van der Waals surface area contributed by atoms with Crippen molar-refractivity contribution in [3.63, 3.8) is 0 Å². The van der Waals surface area contributed by atoms with Crippen molar-refractivity contribution in [1.82, 2.24) is 0 Å². The number of hydrogen-bond acceptors (Lipinski definition) is 2. The van der Waals surface area contributed by atoms with Gasteiger partial charge in [-0.25, -0.2) is 0 Å². The molecule has 0 saturated carbocycles. The molecule has 2 nitrogen and oxygen atoms in total. The first-order chi connectivity index (χ1) is 4.41. The maximum atomic E-state index is 5.16. The Balaban J connectivity index is 2.60. The van der Waals surface area contributed by atoms with E-state index in [1.54, 1.807) is 7.11 Å². The predicted molar refractivity (Wildman–Crippen MR) is 37.3 cm³/mol. The molecule has 0 aromatic rings. The molecule has 9 heavy (non-hydrogen) atoms. The molecule has 0 aliphatic heterocycles. The van der Waals surface area contributed by atoms with Crippen LogP contribution in [0.25, 0.3) is 0 Å². The molecule has 0 fully saturated rings. The average Bonchev–Trinajstić information content (AvgIpc) is 1.89. The van der Waals surface area contributed by atoms with E-state index in [2.05, 4.69) is 6.42 Å². The van der Waals surface area contributed by atoms with Gasteiger partial charge in [-0.3, -0.25) is 0 Å². The number of hydrogen-bond donors (Lipinski definition) is 0. The Morgan fingerprint density at radius 1 is 1.22 bits per heavy atom. The maximum absolute atomic E-state index is 5.16. The maximum Gasteiger partial charge on any atom is 0.0700 e. The van der Waals surface area contributed by atoms with Crippen LogP contribution < -0.4 is 0 Å². The largest absolute Gasteiger partial charge is 0.382 e. The van der Waals surface area contributed by atoms with Crippen LogP contribution in [-0.4, -0.2) is 26.9 Å².